The fourth-order valence-corrected chi connectivity index (χ4v) is 5.09. The maximum Gasteiger partial charge on any atom is 0.255 e. The number of hydrogen-bond donors (Lipinski definition) is 3. The molecule has 188 valence electrons. The molecule has 1 aromatic carbocycles. The van der Waals surface area contributed by atoms with Gasteiger partial charge in [-0.05, 0) is 31.0 Å². The zero-order valence-corrected chi connectivity index (χ0v) is 19.8. The van der Waals surface area contributed by atoms with Crippen LogP contribution in [0, 0.1) is 5.82 Å². The van der Waals surface area contributed by atoms with E-state index in [4.69, 9.17) is 18.9 Å². The first kappa shape index (κ1) is 22.8. The van der Waals surface area contributed by atoms with Crippen LogP contribution in [0.3, 0.4) is 0 Å². The molecule has 1 saturated heterocycles. The number of fused-ring (bicyclic) bond motifs is 3. The van der Waals surface area contributed by atoms with Gasteiger partial charge in [0.1, 0.15) is 18.5 Å². The Kier molecular flexibility index (Phi) is 5.98. The van der Waals surface area contributed by atoms with E-state index in [2.05, 4.69) is 20.6 Å². The second-order valence-corrected chi connectivity index (χ2v) is 9.12. The summed E-state index contributed by atoms with van der Waals surface area (Å²) in [5, 5.41) is 6.39. The highest BCUT2D eigenvalue weighted by Gasteiger charge is 2.43. The summed E-state index contributed by atoms with van der Waals surface area (Å²) < 4.78 is 37.1. The number of benzene rings is 1. The molecule has 3 aliphatic rings. The van der Waals surface area contributed by atoms with Gasteiger partial charge in [-0.3, -0.25) is 9.78 Å². The Hall–Kier alpha value is -3.63. The molecule has 2 aromatic heterocycles. The van der Waals surface area contributed by atoms with Crippen LogP contribution in [0.1, 0.15) is 34.8 Å². The summed E-state index contributed by atoms with van der Waals surface area (Å²) in [6.45, 7) is 1.86. The van der Waals surface area contributed by atoms with Crippen LogP contribution in [0.2, 0.25) is 0 Å². The lowest BCUT2D eigenvalue weighted by Gasteiger charge is -2.40. The number of aromatic amines is 1. The molecular weight excluding hydrogens is 467 g/mol. The van der Waals surface area contributed by atoms with Crippen LogP contribution in [-0.4, -0.2) is 61.6 Å². The summed E-state index contributed by atoms with van der Waals surface area (Å²) in [6, 6.07) is 6.57. The Morgan fingerprint density at radius 1 is 1.25 bits per heavy atom. The minimum absolute atomic E-state index is 0.0665. The fourth-order valence-electron chi connectivity index (χ4n) is 5.09. The predicted molar refractivity (Wildman–Crippen MR) is 130 cm³/mol. The van der Waals surface area contributed by atoms with Gasteiger partial charge in [-0.2, -0.15) is 0 Å². The van der Waals surface area contributed by atoms with Crippen molar-refractivity contribution in [2.75, 3.05) is 38.9 Å². The number of para-hydroxylation sites is 1. The van der Waals surface area contributed by atoms with Crippen molar-refractivity contribution < 1.29 is 28.1 Å². The Morgan fingerprint density at radius 3 is 2.94 bits per heavy atom. The number of H-pyrrole nitrogens is 1. The summed E-state index contributed by atoms with van der Waals surface area (Å²) in [6.07, 6.45) is 5.04. The number of aromatic nitrogens is 2. The summed E-state index contributed by atoms with van der Waals surface area (Å²) in [4.78, 5) is 21.0. The number of ether oxygens (including phenoxy) is 4. The van der Waals surface area contributed by atoms with Gasteiger partial charge in [0, 0.05) is 29.4 Å². The van der Waals surface area contributed by atoms with Gasteiger partial charge in [-0.1, -0.05) is 6.07 Å². The van der Waals surface area contributed by atoms with E-state index in [1.807, 2.05) is 6.07 Å². The lowest BCUT2D eigenvalue weighted by atomic mass is 9.74. The molecule has 3 unspecified atom stereocenters. The number of halogens is 1. The van der Waals surface area contributed by atoms with Crippen molar-refractivity contribution in [3.63, 3.8) is 0 Å². The highest BCUT2D eigenvalue weighted by atomic mass is 19.1. The Bertz CT molecular complexity index is 1290. The molecule has 1 saturated carbocycles. The summed E-state index contributed by atoms with van der Waals surface area (Å²) in [7, 11) is 1.41. The molecule has 6 rings (SSSR count). The molecule has 2 fully saturated rings. The van der Waals surface area contributed by atoms with Crippen molar-refractivity contribution in [2.45, 2.75) is 30.9 Å². The van der Waals surface area contributed by atoms with Crippen LogP contribution in [0.5, 0.6) is 11.5 Å². The van der Waals surface area contributed by atoms with E-state index >= 15 is 0 Å². The Morgan fingerprint density at radius 2 is 2.17 bits per heavy atom. The van der Waals surface area contributed by atoms with Gasteiger partial charge in [0.25, 0.3) is 5.91 Å². The van der Waals surface area contributed by atoms with Crippen LogP contribution in [0.25, 0.3) is 11.3 Å². The molecule has 4 heterocycles. The van der Waals surface area contributed by atoms with Gasteiger partial charge in [0.05, 0.1) is 55.8 Å². The maximum absolute atomic E-state index is 14.5. The summed E-state index contributed by atoms with van der Waals surface area (Å²) in [5.74, 6) is 0.123. The molecule has 1 aliphatic carbocycles. The maximum atomic E-state index is 14.5. The van der Waals surface area contributed by atoms with Crippen LogP contribution in [0.4, 0.5) is 15.8 Å². The topological polar surface area (TPSA) is 107 Å². The van der Waals surface area contributed by atoms with Crippen molar-refractivity contribution in [1.29, 1.82) is 0 Å². The second kappa shape index (κ2) is 9.44. The molecule has 9 nitrogen and oxygen atoms in total. The smallest absolute Gasteiger partial charge is 0.255 e. The van der Waals surface area contributed by atoms with Gasteiger partial charge in [-0.25, -0.2) is 4.39 Å². The molecule has 10 heteroatoms. The minimum atomic E-state index is -0.500. The quantitative estimate of drug-likeness (QED) is 0.459. The van der Waals surface area contributed by atoms with Crippen molar-refractivity contribution in [1.82, 2.24) is 15.3 Å². The number of rotatable bonds is 7. The van der Waals surface area contributed by atoms with Gasteiger partial charge < -0.3 is 34.6 Å². The van der Waals surface area contributed by atoms with Crippen LogP contribution in [0.15, 0.2) is 36.7 Å². The number of amides is 1. The molecule has 0 bridgehead atoms. The number of pyridine rings is 1. The SMILES string of the molecule is COc1c(F)cccc1Nc1c(-c2ccncc2OCC2COCCO2)[nH]c2c1C(=O)NC1CCC21. The highest BCUT2D eigenvalue weighted by Crippen LogP contribution is 2.48. The number of anilines is 2. The molecule has 3 N–H and O–H groups in total. The normalized spacial score (nSPS) is 22.6. The van der Waals surface area contributed by atoms with Crippen molar-refractivity contribution in [2.24, 2.45) is 0 Å². The molecule has 2 aliphatic heterocycles. The number of nitrogens with one attached hydrogen (secondary N) is 3. The lowest BCUT2D eigenvalue weighted by molar-refractivity contribution is -0.101. The molecular formula is C26H27FN4O5. The zero-order chi connectivity index (χ0) is 24.6. The van der Waals surface area contributed by atoms with Crippen molar-refractivity contribution in [3.05, 3.63) is 53.7 Å². The summed E-state index contributed by atoms with van der Waals surface area (Å²) >= 11 is 0. The molecule has 3 aromatic rings. The lowest BCUT2D eigenvalue weighted by Crippen LogP contribution is -2.49. The minimum Gasteiger partial charge on any atom is -0.492 e. The number of nitrogens with zero attached hydrogens (tertiary/aromatic N) is 1. The third-order valence-electron chi connectivity index (χ3n) is 7.01. The van der Waals surface area contributed by atoms with E-state index in [9.17, 15) is 9.18 Å². The van der Waals surface area contributed by atoms with Gasteiger partial charge in [-0.15, -0.1) is 0 Å². The van der Waals surface area contributed by atoms with Crippen molar-refractivity contribution in [3.8, 4) is 22.8 Å². The number of carbonyl (C=O) groups is 1. The molecule has 0 spiro atoms. The first-order valence-corrected chi connectivity index (χ1v) is 12.1. The Labute approximate surface area is 207 Å². The van der Waals surface area contributed by atoms with Crippen molar-refractivity contribution >= 4 is 17.3 Å². The van der Waals surface area contributed by atoms with Gasteiger partial charge >= 0.3 is 0 Å². The monoisotopic (exact) mass is 494 g/mol. The highest BCUT2D eigenvalue weighted by molar-refractivity contribution is 6.07. The number of carbonyl (C=O) groups excluding carboxylic acids is 1. The van der Waals surface area contributed by atoms with E-state index < -0.39 is 5.82 Å². The van der Waals surface area contributed by atoms with E-state index in [0.717, 1.165) is 24.1 Å². The largest absolute Gasteiger partial charge is 0.492 e. The van der Waals surface area contributed by atoms with E-state index in [1.165, 1.54) is 13.2 Å². The first-order valence-electron chi connectivity index (χ1n) is 12.1. The number of hydrogen-bond acceptors (Lipinski definition) is 7. The third-order valence-corrected chi connectivity index (χ3v) is 7.01. The second-order valence-electron chi connectivity index (χ2n) is 9.12. The van der Waals surface area contributed by atoms with Crippen LogP contribution >= 0.6 is 0 Å². The van der Waals surface area contributed by atoms with E-state index in [1.54, 1.807) is 24.5 Å². The fraction of sp³-hybridized carbons (Fsp3) is 0.385. The third kappa shape index (κ3) is 3.96. The van der Waals surface area contributed by atoms with E-state index in [-0.39, 0.29) is 29.7 Å². The van der Waals surface area contributed by atoms with E-state index in [0.29, 0.717) is 54.8 Å². The molecule has 1 amide bonds. The standard InChI is InChI=1S/C26H27FN4O5/c1-33-25-17(27)3-2-4-19(25)29-24-21-22(15-5-6-18(15)30-26(21)32)31-23(24)16-7-8-28-11-20(16)36-13-14-12-34-9-10-35-14/h2-4,7-8,11,14-15,18,29,31H,5-6,9-10,12-13H2,1H3,(H,30,32). The average molecular weight is 495 g/mol. The van der Waals surface area contributed by atoms with Gasteiger partial charge in [0.15, 0.2) is 11.6 Å². The first-order chi connectivity index (χ1) is 17.6. The summed E-state index contributed by atoms with van der Waals surface area (Å²) in [5.41, 5.74) is 3.71. The predicted octanol–water partition coefficient (Wildman–Crippen LogP) is 3.75. The zero-order valence-electron chi connectivity index (χ0n) is 19.8. The molecule has 36 heavy (non-hydrogen) atoms. The average Bonchev–Trinajstić information content (AvgIpc) is 3.24. The molecule has 0 radical (unpaired) electrons. The number of methoxy groups -OCH3 is 1. The molecule has 3 atom stereocenters. The van der Waals surface area contributed by atoms with Gasteiger partial charge in [0.2, 0.25) is 0 Å². The Balaban J connectivity index is 1.43. The van der Waals surface area contributed by atoms with Crippen LogP contribution < -0.4 is 20.1 Å². The van der Waals surface area contributed by atoms with Crippen LogP contribution in [-0.2, 0) is 9.47 Å².